The normalized spacial score (nSPS) is 19.5. The molecule has 1 saturated heterocycles. The molecule has 0 bridgehead atoms. The second-order valence-electron chi connectivity index (χ2n) is 8.57. The first-order valence-electron chi connectivity index (χ1n) is 10.8. The van der Waals surface area contributed by atoms with E-state index in [0.717, 1.165) is 0 Å². The zero-order chi connectivity index (χ0) is 23.9. The fourth-order valence-corrected chi connectivity index (χ4v) is 4.55. The van der Waals surface area contributed by atoms with Crippen LogP contribution in [0.1, 0.15) is 48.6 Å². The molecule has 0 radical (unpaired) electrons. The monoisotopic (exact) mass is 472 g/mol. The highest BCUT2D eigenvalue weighted by Crippen LogP contribution is 2.30. The number of amides is 1. The van der Waals surface area contributed by atoms with Gasteiger partial charge in [0.1, 0.15) is 11.6 Å². The molecule has 2 aromatic carbocycles. The molecule has 0 aliphatic carbocycles. The Morgan fingerprint density at radius 3 is 2.64 bits per heavy atom. The number of ether oxygens (including phenoxy) is 1. The van der Waals surface area contributed by atoms with Gasteiger partial charge in [0.25, 0.3) is 11.5 Å². The smallest absolute Gasteiger partial charge is 0.258 e. The molecule has 174 valence electrons. The van der Waals surface area contributed by atoms with Crippen molar-refractivity contribution in [3.63, 3.8) is 0 Å². The molecule has 1 amide bonds. The molecule has 0 spiro atoms. The number of anilines is 1. The third-order valence-electron chi connectivity index (χ3n) is 5.70. The van der Waals surface area contributed by atoms with Gasteiger partial charge in [0.2, 0.25) is 0 Å². The number of aryl methyl sites for hydroxylation is 1. The molecule has 7 nitrogen and oxygen atoms in total. The summed E-state index contributed by atoms with van der Waals surface area (Å²) in [6.45, 7) is 8.27. The number of aromatic amines is 1. The number of carbonyl (C=O) groups is 1. The zero-order valence-corrected chi connectivity index (χ0v) is 19.7. The van der Waals surface area contributed by atoms with Gasteiger partial charge in [-0.2, -0.15) is 0 Å². The van der Waals surface area contributed by atoms with Gasteiger partial charge in [-0.15, -0.1) is 0 Å². The maximum atomic E-state index is 14.9. The second kappa shape index (κ2) is 9.11. The average molecular weight is 473 g/mol. The number of morpholine rings is 1. The lowest BCUT2D eigenvalue weighted by Crippen LogP contribution is -2.48. The lowest BCUT2D eigenvalue weighted by atomic mass is 10.0. The third kappa shape index (κ3) is 4.86. The minimum absolute atomic E-state index is 0.0672. The molecule has 0 unspecified atom stereocenters. The van der Waals surface area contributed by atoms with E-state index in [1.807, 2.05) is 20.8 Å². The minimum Gasteiger partial charge on any atom is -0.376 e. The van der Waals surface area contributed by atoms with Crippen LogP contribution in [-0.2, 0) is 4.74 Å². The highest BCUT2D eigenvalue weighted by atomic mass is 35.5. The third-order valence-corrected chi connectivity index (χ3v) is 6.03. The van der Waals surface area contributed by atoms with Crippen molar-refractivity contribution >= 4 is 34.1 Å². The highest BCUT2D eigenvalue weighted by Gasteiger charge is 2.27. The van der Waals surface area contributed by atoms with Crippen LogP contribution in [0.4, 0.5) is 10.1 Å². The lowest BCUT2D eigenvalue weighted by Gasteiger charge is -2.35. The number of carbonyl (C=O) groups excluding carboxylic acids is 1. The van der Waals surface area contributed by atoms with Crippen LogP contribution in [0.2, 0.25) is 5.02 Å². The summed E-state index contributed by atoms with van der Waals surface area (Å²) in [6.07, 6.45) is -0.134. The number of aromatic nitrogens is 2. The van der Waals surface area contributed by atoms with E-state index in [0.29, 0.717) is 40.4 Å². The first-order chi connectivity index (χ1) is 15.6. The molecule has 2 heterocycles. The lowest BCUT2D eigenvalue weighted by molar-refractivity contribution is -0.0586. The number of benzene rings is 2. The molecule has 1 aliphatic heterocycles. The molecule has 4 rings (SSSR count). The number of fused-ring (bicyclic) bond motifs is 1. The summed E-state index contributed by atoms with van der Waals surface area (Å²) in [5.41, 5.74) is 1.39. The van der Waals surface area contributed by atoms with E-state index in [-0.39, 0.29) is 34.9 Å². The molecular weight excluding hydrogens is 447 g/mol. The van der Waals surface area contributed by atoms with Gasteiger partial charge < -0.3 is 19.9 Å². The van der Waals surface area contributed by atoms with Crippen LogP contribution in [0.3, 0.4) is 0 Å². The molecule has 1 fully saturated rings. The minimum atomic E-state index is -0.547. The molecule has 3 aromatic rings. The number of nitrogens with one attached hydrogen (secondary N) is 2. The fraction of sp³-hybridized carbons (Fsp3) is 0.375. The van der Waals surface area contributed by atoms with Gasteiger partial charge in [0.15, 0.2) is 0 Å². The van der Waals surface area contributed by atoms with Crippen molar-refractivity contribution in [1.29, 1.82) is 0 Å². The highest BCUT2D eigenvalue weighted by molar-refractivity contribution is 6.32. The number of H-pyrrole nitrogens is 1. The van der Waals surface area contributed by atoms with E-state index in [4.69, 9.17) is 16.3 Å². The van der Waals surface area contributed by atoms with Crippen molar-refractivity contribution in [2.75, 3.05) is 18.4 Å². The van der Waals surface area contributed by atoms with E-state index in [2.05, 4.69) is 15.3 Å². The van der Waals surface area contributed by atoms with Crippen LogP contribution >= 0.6 is 11.6 Å². The summed E-state index contributed by atoms with van der Waals surface area (Å²) in [4.78, 5) is 33.8. The molecule has 33 heavy (non-hydrogen) atoms. The molecule has 0 saturated carbocycles. The van der Waals surface area contributed by atoms with Crippen LogP contribution < -0.4 is 10.9 Å². The molecular formula is C24H26ClFN4O3. The average Bonchev–Trinajstić information content (AvgIpc) is 2.73. The van der Waals surface area contributed by atoms with Gasteiger partial charge in [-0.05, 0) is 63.6 Å². The summed E-state index contributed by atoms with van der Waals surface area (Å²) in [5.74, 6) is -0.274. The summed E-state index contributed by atoms with van der Waals surface area (Å²) in [7, 11) is 0. The summed E-state index contributed by atoms with van der Waals surface area (Å²) >= 11 is 6.44. The summed E-state index contributed by atoms with van der Waals surface area (Å²) in [5, 5.41) is 3.91. The Kier molecular flexibility index (Phi) is 6.41. The van der Waals surface area contributed by atoms with Crippen molar-refractivity contribution in [3.05, 3.63) is 68.5 Å². The quantitative estimate of drug-likeness (QED) is 0.586. The first kappa shape index (κ1) is 23.2. The van der Waals surface area contributed by atoms with Gasteiger partial charge in [0.05, 0.1) is 34.8 Å². The Hall–Kier alpha value is -2.97. The molecule has 3 atom stereocenters. The molecule has 2 N–H and O–H groups in total. The Labute approximate surface area is 195 Å². The van der Waals surface area contributed by atoms with Crippen molar-refractivity contribution in [2.45, 2.75) is 45.9 Å². The van der Waals surface area contributed by atoms with Gasteiger partial charge in [-0.25, -0.2) is 9.37 Å². The largest absolute Gasteiger partial charge is 0.376 e. The Morgan fingerprint density at radius 2 is 1.97 bits per heavy atom. The van der Waals surface area contributed by atoms with Crippen LogP contribution in [0.5, 0.6) is 0 Å². The predicted octanol–water partition coefficient (Wildman–Crippen LogP) is 4.45. The van der Waals surface area contributed by atoms with Crippen LogP contribution in [0.15, 0.2) is 35.1 Å². The zero-order valence-electron chi connectivity index (χ0n) is 18.9. The van der Waals surface area contributed by atoms with Gasteiger partial charge in [-0.3, -0.25) is 9.59 Å². The Morgan fingerprint density at radius 1 is 1.27 bits per heavy atom. The van der Waals surface area contributed by atoms with E-state index >= 15 is 0 Å². The van der Waals surface area contributed by atoms with Crippen molar-refractivity contribution < 1.29 is 13.9 Å². The number of rotatable bonds is 4. The Balaban J connectivity index is 1.55. The maximum absolute atomic E-state index is 14.9. The van der Waals surface area contributed by atoms with Gasteiger partial charge >= 0.3 is 0 Å². The van der Waals surface area contributed by atoms with E-state index in [1.54, 1.807) is 36.1 Å². The first-order valence-corrected chi connectivity index (χ1v) is 11.2. The SMILES string of the molecule is Cc1nc2cc(Cl)c([C@H](C)Nc3ccc(C(=O)N4C[C@@H](C)O[C@@H](C)C4)cc3F)cc2c(=O)[nH]1. The number of halogens is 2. The summed E-state index contributed by atoms with van der Waals surface area (Å²) in [6, 6.07) is 7.27. The van der Waals surface area contributed by atoms with E-state index < -0.39 is 11.9 Å². The molecule has 1 aromatic heterocycles. The van der Waals surface area contributed by atoms with Crippen LogP contribution in [0.25, 0.3) is 10.9 Å². The van der Waals surface area contributed by atoms with Crippen molar-refractivity contribution in [2.24, 2.45) is 0 Å². The van der Waals surface area contributed by atoms with Crippen LogP contribution in [-0.4, -0.2) is 46.1 Å². The number of hydrogen-bond donors (Lipinski definition) is 2. The number of hydrogen-bond acceptors (Lipinski definition) is 5. The van der Waals surface area contributed by atoms with Gasteiger partial charge in [-0.1, -0.05) is 11.6 Å². The van der Waals surface area contributed by atoms with E-state index in [1.165, 1.54) is 6.07 Å². The van der Waals surface area contributed by atoms with Crippen LogP contribution in [0, 0.1) is 12.7 Å². The molecule has 1 aliphatic rings. The standard InChI is InChI=1S/C24H26ClFN4O3/c1-12-10-30(11-13(2)33-12)24(32)16-5-6-21(20(26)7-16)27-14(3)17-8-18-22(9-19(17)25)28-15(4)29-23(18)31/h5-9,12-14,27H,10-11H2,1-4H3,(H,28,29,31)/t12-,13+,14-/m0/s1. The Bertz CT molecular complexity index is 1270. The predicted molar refractivity (Wildman–Crippen MR) is 126 cm³/mol. The van der Waals surface area contributed by atoms with Gasteiger partial charge in [0, 0.05) is 23.7 Å². The fourth-order valence-electron chi connectivity index (χ4n) is 4.23. The molecule has 9 heteroatoms. The maximum Gasteiger partial charge on any atom is 0.258 e. The van der Waals surface area contributed by atoms with E-state index in [9.17, 15) is 14.0 Å². The van der Waals surface area contributed by atoms with Crippen molar-refractivity contribution in [1.82, 2.24) is 14.9 Å². The number of nitrogens with zero attached hydrogens (tertiary/aromatic N) is 2. The van der Waals surface area contributed by atoms with Crippen molar-refractivity contribution in [3.8, 4) is 0 Å². The second-order valence-corrected chi connectivity index (χ2v) is 8.98. The topological polar surface area (TPSA) is 87.3 Å². The summed E-state index contributed by atoms with van der Waals surface area (Å²) < 4.78 is 20.6.